The van der Waals surface area contributed by atoms with Crippen molar-refractivity contribution in [1.82, 2.24) is 19.5 Å². The quantitative estimate of drug-likeness (QED) is 0.493. The van der Waals surface area contributed by atoms with Gasteiger partial charge in [-0.3, -0.25) is 4.79 Å². The highest BCUT2D eigenvalue weighted by Crippen LogP contribution is 2.27. The van der Waals surface area contributed by atoms with Gasteiger partial charge >= 0.3 is 6.01 Å². The van der Waals surface area contributed by atoms with E-state index in [1.165, 1.54) is 6.07 Å². The number of pyridine rings is 1. The van der Waals surface area contributed by atoms with Gasteiger partial charge in [0.1, 0.15) is 5.75 Å². The van der Waals surface area contributed by atoms with Crippen LogP contribution in [0.3, 0.4) is 0 Å². The molecule has 9 nitrogen and oxygen atoms in total. The van der Waals surface area contributed by atoms with Gasteiger partial charge in [-0.1, -0.05) is 12.1 Å². The molecule has 31 heavy (non-hydrogen) atoms. The molecule has 0 atom stereocenters. The minimum absolute atomic E-state index is 0.0421. The van der Waals surface area contributed by atoms with Crippen molar-refractivity contribution in [2.75, 3.05) is 17.2 Å². The third kappa shape index (κ3) is 4.28. The van der Waals surface area contributed by atoms with Gasteiger partial charge in [-0.05, 0) is 43.3 Å². The number of hydrogen-bond acceptors (Lipinski definition) is 8. The molecule has 2 N–H and O–H groups in total. The van der Waals surface area contributed by atoms with Crippen molar-refractivity contribution in [3.8, 4) is 17.8 Å². The van der Waals surface area contributed by atoms with Crippen molar-refractivity contribution in [1.29, 1.82) is 5.26 Å². The first-order chi connectivity index (χ1) is 15.1. The third-order valence-corrected chi connectivity index (χ3v) is 4.54. The molecule has 0 aliphatic heterocycles. The minimum atomic E-state index is -0.203. The van der Waals surface area contributed by atoms with E-state index >= 15 is 0 Å². The molecule has 0 aliphatic carbocycles. The molecule has 9 heteroatoms. The summed E-state index contributed by atoms with van der Waals surface area (Å²) in [6, 6.07) is 17.9. The first-order valence-electron chi connectivity index (χ1n) is 9.61. The first kappa shape index (κ1) is 19.8. The molecule has 0 unspecified atom stereocenters. The monoisotopic (exact) mass is 413 g/mol. The molecule has 154 valence electrons. The molecule has 0 bridgehead atoms. The maximum Gasteiger partial charge on any atom is 0.328 e. The van der Waals surface area contributed by atoms with Gasteiger partial charge in [0.15, 0.2) is 0 Å². The van der Waals surface area contributed by atoms with Crippen LogP contribution in [0.5, 0.6) is 11.8 Å². The highest BCUT2D eigenvalue weighted by atomic mass is 16.5. The first-order valence-corrected chi connectivity index (χ1v) is 9.61. The van der Waals surface area contributed by atoms with Crippen LogP contribution in [0.1, 0.15) is 12.5 Å². The number of ether oxygens (including phenoxy) is 1. The molecule has 0 spiro atoms. The van der Waals surface area contributed by atoms with Gasteiger partial charge in [-0.15, -0.1) is 0 Å². The van der Waals surface area contributed by atoms with Crippen LogP contribution in [0.15, 0.2) is 59.4 Å². The van der Waals surface area contributed by atoms with Gasteiger partial charge in [0.25, 0.3) is 5.56 Å². The Morgan fingerprint density at radius 2 is 1.81 bits per heavy atom. The highest BCUT2D eigenvalue weighted by molar-refractivity contribution is 5.85. The summed E-state index contributed by atoms with van der Waals surface area (Å²) in [7, 11) is 1.71. The number of benzene rings is 2. The summed E-state index contributed by atoms with van der Waals surface area (Å²) in [4.78, 5) is 25.3. The zero-order valence-electron chi connectivity index (χ0n) is 17.0. The number of aromatic nitrogens is 4. The normalized spacial score (nSPS) is 10.5. The summed E-state index contributed by atoms with van der Waals surface area (Å²) in [5.41, 5.74) is 1.79. The van der Waals surface area contributed by atoms with E-state index in [2.05, 4.69) is 31.7 Å². The lowest BCUT2D eigenvalue weighted by Crippen LogP contribution is -2.16. The molecular formula is C22H19N7O2. The van der Waals surface area contributed by atoms with Crippen LogP contribution < -0.4 is 20.9 Å². The van der Waals surface area contributed by atoms with Crippen molar-refractivity contribution in [3.63, 3.8) is 0 Å². The topological polar surface area (TPSA) is 118 Å². The molecule has 2 aromatic carbocycles. The molecule has 0 saturated heterocycles. The average molecular weight is 413 g/mol. The summed E-state index contributed by atoms with van der Waals surface area (Å²) in [5.74, 6) is 0.951. The second kappa shape index (κ2) is 8.51. The van der Waals surface area contributed by atoms with Crippen LogP contribution in [0.2, 0.25) is 0 Å². The Hall–Kier alpha value is -4.45. The van der Waals surface area contributed by atoms with Crippen molar-refractivity contribution in [2.45, 2.75) is 6.92 Å². The van der Waals surface area contributed by atoms with Crippen LogP contribution in [-0.4, -0.2) is 26.1 Å². The Morgan fingerprint density at radius 1 is 1.06 bits per heavy atom. The molecular weight excluding hydrogens is 394 g/mol. The maximum atomic E-state index is 12.4. The number of para-hydroxylation sites is 1. The lowest BCUT2D eigenvalue weighted by atomic mass is 10.2. The summed E-state index contributed by atoms with van der Waals surface area (Å²) < 4.78 is 7.48. The van der Waals surface area contributed by atoms with Crippen LogP contribution in [0, 0.1) is 11.3 Å². The van der Waals surface area contributed by atoms with Gasteiger partial charge in [-0.25, -0.2) is 0 Å². The Balaban J connectivity index is 1.71. The van der Waals surface area contributed by atoms with Crippen molar-refractivity contribution >= 4 is 28.5 Å². The number of nitriles is 1. The molecule has 4 rings (SSSR count). The minimum Gasteiger partial charge on any atom is -0.423 e. The van der Waals surface area contributed by atoms with E-state index in [9.17, 15) is 4.79 Å². The van der Waals surface area contributed by atoms with E-state index in [1.807, 2.05) is 31.2 Å². The summed E-state index contributed by atoms with van der Waals surface area (Å²) in [6.45, 7) is 2.53. The van der Waals surface area contributed by atoms with Gasteiger partial charge in [0.05, 0.1) is 17.1 Å². The number of anilines is 3. The van der Waals surface area contributed by atoms with E-state index in [4.69, 9.17) is 10.00 Å². The van der Waals surface area contributed by atoms with Crippen LogP contribution in [-0.2, 0) is 7.05 Å². The SMILES string of the molecule is CCNc1nc(Nc2ccc(C#N)cc2)nc(Oc2cc(=O)n(C)c3ccccc23)n1. The second-order valence-electron chi connectivity index (χ2n) is 6.63. The molecule has 4 aromatic rings. The number of aryl methyl sites for hydroxylation is 1. The van der Waals surface area contributed by atoms with E-state index < -0.39 is 0 Å². The number of nitrogens with zero attached hydrogens (tertiary/aromatic N) is 5. The Labute approximate surface area is 178 Å². The Morgan fingerprint density at radius 3 is 2.55 bits per heavy atom. The molecule has 0 fully saturated rings. The lowest BCUT2D eigenvalue weighted by molar-refractivity contribution is 0.445. The van der Waals surface area contributed by atoms with E-state index in [0.29, 0.717) is 29.5 Å². The van der Waals surface area contributed by atoms with Crippen molar-refractivity contribution < 1.29 is 4.74 Å². The fourth-order valence-corrected chi connectivity index (χ4v) is 3.02. The number of nitrogens with one attached hydrogen (secondary N) is 2. The molecule has 0 amide bonds. The lowest BCUT2D eigenvalue weighted by Gasteiger charge is -2.12. The largest absolute Gasteiger partial charge is 0.423 e. The fourth-order valence-electron chi connectivity index (χ4n) is 3.02. The van der Waals surface area contributed by atoms with E-state index in [1.54, 1.807) is 35.9 Å². The predicted octanol–water partition coefficient (Wildman–Crippen LogP) is 3.56. The van der Waals surface area contributed by atoms with Gasteiger partial charge in [-0.2, -0.15) is 20.2 Å². The zero-order chi connectivity index (χ0) is 21.8. The summed E-state index contributed by atoms with van der Waals surface area (Å²) >= 11 is 0. The molecule has 0 aliphatic rings. The van der Waals surface area contributed by atoms with Crippen LogP contribution in [0.25, 0.3) is 10.9 Å². The van der Waals surface area contributed by atoms with Gasteiger partial charge in [0, 0.05) is 30.7 Å². The van der Waals surface area contributed by atoms with Crippen molar-refractivity contribution in [3.05, 3.63) is 70.5 Å². The zero-order valence-corrected chi connectivity index (χ0v) is 17.0. The predicted molar refractivity (Wildman–Crippen MR) is 118 cm³/mol. The maximum absolute atomic E-state index is 12.4. The average Bonchev–Trinajstić information content (AvgIpc) is 2.78. The fraction of sp³-hybridized carbons (Fsp3) is 0.136. The highest BCUT2D eigenvalue weighted by Gasteiger charge is 2.13. The molecule has 2 heterocycles. The van der Waals surface area contributed by atoms with Gasteiger partial charge < -0.3 is 19.9 Å². The van der Waals surface area contributed by atoms with Gasteiger partial charge in [0.2, 0.25) is 11.9 Å². The Bertz CT molecular complexity index is 1340. The van der Waals surface area contributed by atoms with Crippen LogP contribution in [0.4, 0.5) is 17.6 Å². The van der Waals surface area contributed by atoms with Crippen LogP contribution >= 0.6 is 0 Å². The number of rotatable bonds is 6. The standard InChI is InChI=1S/C22H19N7O2/c1-3-24-20-26-21(25-15-10-8-14(13-23)9-11-15)28-22(27-20)31-18-12-19(30)29(2)17-7-5-4-6-16(17)18/h4-12H,3H2,1-2H3,(H2,24,25,26,27,28). The smallest absolute Gasteiger partial charge is 0.328 e. The number of hydrogen-bond donors (Lipinski definition) is 2. The summed E-state index contributed by atoms with van der Waals surface area (Å²) in [5, 5.41) is 15.8. The van der Waals surface area contributed by atoms with E-state index in [-0.39, 0.29) is 17.5 Å². The number of fused-ring (bicyclic) bond motifs is 1. The molecule has 0 radical (unpaired) electrons. The summed E-state index contributed by atoms with van der Waals surface area (Å²) in [6.07, 6.45) is 0. The third-order valence-electron chi connectivity index (χ3n) is 4.54. The Kier molecular flexibility index (Phi) is 5.45. The van der Waals surface area contributed by atoms with E-state index in [0.717, 1.165) is 10.9 Å². The van der Waals surface area contributed by atoms with Crippen molar-refractivity contribution in [2.24, 2.45) is 7.05 Å². The molecule has 2 aromatic heterocycles. The second-order valence-corrected chi connectivity index (χ2v) is 6.63. The molecule has 0 saturated carbocycles.